The van der Waals surface area contributed by atoms with Crippen LogP contribution in [0.25, 0.3) is 0 Å². The number of ether oxygens (including phenoxy) is 2. The molecule has 0 atom stereocenters. The summed E-state index contributed by atoms with van der Waals surface area (Å²) in [7, 11) is 0. The van der Waals surface area contributed by atoms with Gasteiger partial charge in [0.1, 0.15) is 6.61 Å². The molecule has 1 rings (SSSR count). The Morgan fingerprint density at radius 3 is 2.11 bits per heavy atom. The second kappa shape index (κ2) is 14.1. The molecule has 0 radical (unpaired) electrons. The quantitative estimate of drug-likeness (QED) is 0.264. The molecule has 0 saturated heterocycles. The minimum absolute atomic E-state index is 0.00757. The Morgan fingerprint density at radius 2 is 1.54 bits per heavy atom. The number of nitrogens with one attached hydrogen (secondary N) is 2. The fraction of sp³-hybridized carbons (Fsp3) is 0.700. The zero-order valence-corrected chi connectivity index (χ0v) is 16.9. The third-order valence-corrected chi connectivity index (χ3v) is 4.46. The minimum Gasteiger partial charge on any atom is -0.462 e. The Labute approximate surface area is 167 Å². The van der Waals surface area contributed by atoms with Crippen LogP contribution in [0.15, 0.2) is 23.5 Å². The zero-order valence-electron chi connectivity index (χ0n) is 16.9. The van der Waals surface area contributed by atoms with Crippen molar-refractivity contribution in [1.82, 2.24) is 10.6 Å². The van der Waals surface area contributed by atoms with Crippen LogP contribution in [0.1, 0.15) is 39.5 Å². The van der Waals surface area contributed by atoms with E-state index in [1.807, 2.05) is 0 Å². The number of rotatable bonds is 13. The second-order valence-corrected chi connectivity index (χ2v) is 7.01. The fourth-order valence-corrected chi connectivity index (χ4v) is 2.97. The topological polar surface area (TPSA) is 117 Å². The smallest absolute Gasteiger partial charge is 0.332 e. The summed E-state index contributed by atoms with van der Waals surface area (Å²) in [5.74, 6) is -0.178. The van der Waals surface area contributed by atoms with Crippen LogP contribution in [0.2, 0.25) is 0 Å². The lowest BCUT2D eigenvalue weighted by Crippen LogP contribution is -2.27. The van der Waals surface area contributed by atoms with Crippen LogP contribution >= 0.6 is 0 Å². The Balaban J connectivity index is 2.21. The molecule has 1 saturated carbocycles. The van der Waals surface area contributed by atoms with E-state index in [9.17, 15) is 9.59 Å². The summed E-state index contributed by atoms with van der Waals surface area (Å²) in [4.78, 5) is 23.6. The first-order valence-electron chi connectivity index (χ1n) is 9.81. The van der Waals surface area contributed by atoms with Gasteiger partial charge in [0.2, 0.25) is 0 Å². The SMILES string of the molecule is C/C(=C/C(=O)COC1CCC(COC(=O)/C=C(/C)NCCO)CC1)NCCO. The van der Waals surface area contributed by atoms with Gasteiger partial charge in [-0.3, -0.25) is 4.79 Å². The summed E-state index contributed by atoms with van der Waals surface area (Å²) in [6.45, 7) is 4.80. The predicted molar refractivity (Wildman–Crippen MR) is 105 cm³/mol. The molecule has 28 heavy (non-hydrogen) atoms. The van der Waals surface area contributed by atoms with Gasteiger partial charge in [0.25, 0.3) is 0 Å². The van der Waals surface area contributed by atoms with Gasteiger partial charge < -0.3 is 30.3 Å². The van der Waals surface area contributed by atoms with Crippen LogP contribution in [0.5, 0.6) is 0 Å². The third kappa shape index (κ3) is 11.1. The average molecular weight is 399 g/mol. The molecule has 1 aliphatic rings. The maximum absolute atomic E-state index is 11.9. The predicted octanol–water partition coefficient (Wildman–Crippen LogP) is 0.646. The Morgan fingerprint density at radius 1 is 0.964 bits per heavy atom. The molecule has 0 amide bonds. The van der Waals surface area contributed by atoms with Crippen molar-refractivity contribution >= 4 is 11.8 Å². The van der Waals surface area contributed by atoms with Crippen molar-refractivity contribution in [2.45, 2.75) is 45.6 Å². The molecule has 8 nitrogen and oxygen atoms in total. The molecule has 4 N–H and O–H groups in total. The van der Waals surface area contributed by atoms with Crippen molar-refractivity contribution in [3.05, 3.63) is 23.5 Å². The van der Waals surface area contributed by atoms with E-state index in [0.717, 1.165) is 25.7 Å². The lowest BCUT2D eigenvalue weighted by Gasteiger charge is -2.27. The van der Waals surface area contributed by atoms with E-state index in [2.05, 4.69) is 10.6 Å². The van der Waals surface area contributed by atoms with Gasteiger partial charge in [0, 0.05) is 36.6 Å². The summed E-state index contributed by atoms with van der Waals surface area (Å²) < 4.78 is 11.0. The van der Waals surface area contributed by atoms with Crippen LogP contribution in [0.3, 0.4) is 0 Å². The zero-order chi connectivity index (χ0) is 20.8. The fourth-order valence-electron chi connectivity index (χ4n) is 2.97. The first-order chi connectivity index (χ1) is 13.4. The summed E-state index contributed by atoms with van der Waals surface area (Å²) in [5.41, 5.74) is 1.38. The van der Waals surface area contributed by atoms with Crippen LogP contribution in [0.4, 0.5) is 0 Å². The van der Waals surface area contributed by atoms with E-state index >= 15 is 0 Å². The number of hydrogen-bond donors (Lipinski definition) is 4. The van der Waals surface area contributed by atoms with E-state index in [0.29, 0.717) is 37.0 Å². The highest BCUT2D eigenvalue weighted by Crippen LogP contribution is 2.26. The highest BCUT2D eigenvalue weighted by atomic mass is 16.5. The first-order valence-corrected chi connectivity index (χ1v) is 9.81. The summed E-state index contributed by atoms with van der Waals surface area (Å²) in [6, 6.07) is 0. The number of ketones is 1. The van der Waals surface area contributed by atoms with Gasteiger partial charge in [0.15, 0.2) is 5.78 Å². The highest BCUT2D eigenvalue weighted by Gasteiger charge is 2.23. The van der Waals surface area contributed by atoms with E-state index in [1.54, 1.807) is 13.8 Å². The first kappa shape index (κ1) is 24.1. The van der Waals surface area contributed by atoms with E-state index < -0.39 is 0 Å². The van der Waals surface area contributed by atoms with Gasteiger partial charge >= 0.3 is 5.97 Å². The maximum atomic E-state index is 11.9. The van der Waals surface area contributed by atoms with E-state index in [4.69, 9.17) is 19.7 Å². The lowest BCUT2D eigenvalue weighted by molar-refractivity contribution is -0.140. The number of hydrogen-bond acceptors (Lipinski definition) is 8. The van der Waals surface area contributed by atoms with Gasteiger partial charge in [-0.05, 0) is 45.4 Å². The summed E-state index contributed by atoms with van der Waals surface area (Å²) in [5, 5.41) is 23.3. The van der Waals surface area contributed by atoms with Gasteiger partial charge in [-0.2, -0.15) is 0 Å². The van der Waals surface area contributed by atoms with Crippen LogP contribution < -0.4 is 10.6 Å². The maximum Gasteiger partial charge on any atom is 0.332 e. The average Bonchev–Trinajstić information content (AvgIpc) is 2.68. The Kier molecular flexibility index (Phi) is 12.2. The molecule has 160 valence electrons. The molecule has 8 heteroatoms. The molecule has 1 fully saturated rings. The highest BCUT2D eigenvalue weighted by molar-refractivity contribution is 5.91. The number of carbonyl (C=O) groups is 2. The summed E-state index contributed by atoms with van der Waals surface area (Å²) in [6.07, 6.45) is 6.41. The largest absolute Gasteiger partial charge is 0.462 e. The molecular weight excluding hydrogens is 364 g/mol. The molecule has 0 aliphatic heterocycles. The van der Waals surface area contributed by atoms with Gasteiger partial charge in [-0.1, -0.05) is 0 Å². The second-order valence-electron chi connectivity index (χ2n) is 7.01. The van der Waals surface area contributed by atoms with Crippen molar-refractivity contribution in [3.8, 4) is 0 Å². The number of aliphatic hydroxyl groups excluding tert-OH is 2. The van der Waals surface area contributed by atoms with Gasteiger partial charge in [0.05, 0.1) is 25.9 Å². The molecule has 0 bridgehead atoms. The summed E-state index contributed by atoms with van der Waals surface area (Å²) >= 11 is 0. The van der Waals surface area contributed by atoms with Gasteiger partial charge in [-0.15, -0.1) is 0 Å². The molecule has 0 aromatic heterocycles. The van der Waals surface area contributed by atoms with Crippen LogP contribution in [0, 0.1) is 5.92 Å². The molecule has 0 heterocycles. The van der Waals surface area contributed by atoms with Gasteiger partial charge in [-0.25, -0.2) is 4.79 Å². The Hall–Kier alpha value is -1.90. The standard InChI is InChI=1S/C20H34N2O6/c1-15(21-7-9-23)11-18(25)14-27-19-5-3-17(4-6-19)13-28-20(26)12-16(2)22-8-10-24/h11-12,17,19,21-24H,3-10,13-14H2,1-2H3/b15-11-,16-12-. The normalized spacial score (nSPS) is 20.6. The van der Waals surface area contributed by atoms with Crippen molar-refractivity contribution in [2.24, 2.45) is 5.92 Å². The van der Waals surface area contributed by atoms with Crippen LogP contribution in [-0.2, 0) is 19.1 Å². The monoisotopic (exact) mass is 398 g/mol. The van der Waals surface area contributed by atoms with Crippen LogP contribution in [-0.4, -0.2) is 67.6 Å². The Bertz CT molecular complexity index is 491. The number of aliphatic hydroxyl groups is 2. The molecule has 0 aromatic rings. The number of esters is 1. The van der Waals surface area contributed by atoms with Crippen molar-refractivity contribution in [2.75, 3.05) is 39.5 Å². The van der Waals surface area contributed by atoms with E-state index in [-0.39, 0.29) is 37.7 Å². The van der Waals surface area contributed by atoms with E-state index in [1.165, 1.54) is 12.2 Å². The molecule has 1 aliphatic carbocycles. The lowest BCUT2D eigenvalue weighted by atomic mass is 9.88. The minimum atomic E-state index is -0.385. The van der Waals surface area contributed by atoms with Crippen molar-refractivity contribution in [1.29, 1.82) is 0 Å². The third-order valence-electron chi connectivity index (χ3n) is 4.46. The molecule has 0 spiro atoms. The number of carbonyl (C=O) groups excluding carboxylic acids is 2. The van der Waals surface area contributed by atoms with Crippen molar-refractivity contribution in [3.63, 3.8) is 0 Å². The van der Waals surface area contributed by atoms with Crippen molar-refractivity contribution < 1.29 is 29.3 Å². The molecule has 0 aromatic carbocycles. The molecule has 0 unspecified atom stereocenters. The molecular formula is C20H34N2O6. The number of allylic oxidation sites excluding steroid dienone is 2.